The average Bonchev–Trinajstić information content (AvgIpc) is 2.59. The molecule has 0 aromatic carbocycles. The summed E-state index contributed by atoms with van der Waals surface area (Å²) in [5.74, 6) is 1.62. The van der Waals surface area contributed by atoms with Gasteiger partial charge in [-0.2, -0.15) is 0 Å². The first kappa shape index (κ1) is 11.9. The smallest absolute Gasteiger partial charge is 0.132 e. The third-order valence-electron chi connectivity index (χ3n) is 3.47. The number of nitrogens with one attached hydrogen (secondary N) is 1. The Hall–Kier alpha value is -0.540. The molecule has 0 saturated heterocycles. The molecule has 1 saturated carbocycles. The van der Waals surface area contributed by atoms with Crippen LogP contribution in [0.3, 0.4) is 0 Å². The van der Waals surface area contributed by atoms with Crippen molar-refractivity contribution in [3.63, 3.8) is 0 Å². The first-order valence-corrected chi connectivity index (χ1v) is 6.47. The molecule has 1 N–H and O–H groups in total. The molecule has 0 bridgehead atoms. The Labute approximate surface area is 102 Å². The fraction of sp³-hybridized carbons (Fsp3) is 0.750. The Balaban J connectivity index is 2.22. The molecule has 4 heteroatoms. The minimum absolute atomic E-state index is 0.582. The maximum absolute atomic E-state index is 6.36. The van der Waals surface area contributed by atoms with Gasteiger partial charge in [0.15, 0.2) is 0 Å². The van der Waals surface area contributed by atoms with Crippen LogP contribution in [-0.2, 0) is 13.6 Å². The van der Waals surface area contributed by atoms with E-state index in [4.69, 9.17) is 16.6 Å². The molecular weight excluding hydrogens is 222 g/mol. The second kappa shape index (κ2) is 5.19. The second-order valence-corrected chi connectivity index (χ2v) is 4.99. The molecule has 0 spiro atoms. The Morgan fingerprint density at radius 1 is 1.38 bits per heavy atom. The van der Waals surface area contributed by atoms with Gasteiger partial charge in [-0.15, -0.1) is 0 Å². The molecule has 0 amide bonds. The molecule has 3 nitrogen and oxygen atoms in total. The summed E-state index contributed by atoms with van der Waals surface area (Å²) in [4.78, 5) is 4.69. The molecule has 1 fully saturated rings. The molecule has 1 aromatic rings. The zero-order chi connectivity index (χ0) is 11.5. The quantitative estimate of drug-likeness (QED) is 0.882. The zero-order valence-corrected chi connectivity index (χ0v) is 10.8. The molecule has 0 unspecified atom stereocenters. The molecule has 1 aromatic heterocycles. The monoisotopic (exact) mass is 241 g/mol. The Morgan fingerprint density at radius 3 is 2.69 bits per heavy atom. The van der Waals surface area contributed by atoms with Gasteiger partial charge in [-0.25, -0.2) is 4.98 Å². The van der Waals surface area contributed by atoms with Gasteiger partial charge in [0.1, 0.15) is 11.0 Å². The summed E-state index contributed by atoms with van der Waals surface area (Å²) in [6, 6.07) is 0. The Kier molecular flexibility index (Phi) is 3.87. The van der Waals surface area contributed by atoms with Gasteiger partial charge >= 0.3 is 0 Å². The Morgan fingerprint density at radius 2 is 2.06 bits per heavy atom. The van der Waals surface area contributed by atoms with E-state index in [1.807, 2.05) is 18.7 Å². The van der Waals surface area contributed by atoms with Crippen LogP contribution in [0.1, 0.15) is 49.5 Å². The molecule has 90 valence electrons. The van der Waals surface area contributed by atoms with Crippen molar-refractivity contribution < 1.29 is 0 Å². The normalized spacial score (nSPS) is 17.9. The largest absolute Gasteiger partial charge is 0.321 e. The minimum atomic E-state index is 0.582. The maximum Gasteiger partial charge on any atom is 0.132 e. The van der Waals surface area contributed by atoms with Gasteiger partial charge in [-0.3, -0.25) is 0 Å². The van der Waals surface area contributed by atoms with Crippen LogP contribution in [0.15, 0.2) is 0 Å². The standard InChI is InChI=1S/C12H20ClN3/c1-14-8-10-15-11(12(13)16(10)2)9-6-4-3-5-7-9/h9,14H,3-8H2,1-2H3. The van der Waals surface area contributed by atoms with E-state index in [-0.39, 0.29) is 0 Å². The number of aromatic nitrogens is 2. The number of hydrogen-bond acceptors (Lipinski definition) is 2. The average molecular weight is 242 g/mol. The lowest BCUT2D eigenvalue weighted by Gasteiger charge is -2.19. The van der Waals surface area contributed by atoms with Crippen LogP contribution in [0, 0.1) is 0 Å². The first-order valence-electron chi connectivity index (χ1n) is 6.09. The van der Waals surface area contributed by atoms with Crippen molar-refractivity contribution in [1.29, 1.82) is 0 Å². The van der Waals surface area contributed by atoms with Crippen LogP contribution < -0.4 is 5.32 Å². The topological polar surface area (TPSA) is 29.9 Å². The third kappa shape index (κ3) is 2.25. The van der Waals surface area contributed by atoms with Crippen molar-refractivity contribution >= 4 is 11.6 Å². The highest BCUT2D eigenvalue weighted by Crippen LogP contribution is 2.35. The number of halogens is 1. The fourth-order valence-electron chi connectivity index (χ4n) is 2.50. The van der Waals surface area contributed by atoms with Crippen molar-refractivity contribution in [2.45, 2.75) is 44.6 Å². The number of nitrogens with zero attached hydrogens (tertiary/aromatic N) is 2. The van der Waals surface area contributed by atoms with Crippen molar-refractivity contribution in [2.75, 3.05) is 7.05 Å². The lowest BCUT2D eigenvalue weighted by atomic mass is 9.87. The van der Waals surface area contributed by atoms with Gasteiger partial charge in [0.25, 0.3) is 0 Å². The highest BCUT2D eigenvalue weighted by atomic mass is 35.5. The van der Waals surface area contributed by atoms with E-state index >= 15 is 0 Å². The highest BCUT2D eigenvalue weighted by molar-refractivity contribution is 6.30. The summed E-state index contributed by atoms with van der Waals surface area (Å²) in [6.45, 7) is 0.781. The van der Waals surface area contributed by atoms with Crippen LogP contribution in [0.2, 0.25) is 5.15 Å². The molecule has 16 heavy (non-hydrogen) atoms. The maximum atomic E-state index is 6.36. The SMILES string of the molecule is CNCc1nc(C2CCCCC2)c(Cl)n1C. The third-order valence-corrected chi connectivity index (χ3v) is 3.92. The summed E-state index contributed by atoms with van der Waals surface area (Å²) in [5.41, 5.74) is 1.12. The number of imidazole rings is 1. The minimum Gasteiger partial charge on any atom is -0.321 e. The van der Waals surface area contributed by atoms with E-state index in [2.05, 4.69) is 5.32 Å². The van der Waals surface area contributed by atoms with E-state index in [0.29, 0.717) is 5.92 Å². The van der Waals surface area contributed by atoms with Crippen molar-refractivity contribution in [2.24, 2.45) is 7.05 Å². The van der Waals surface area contributed by atoms with Crippen LogP contribution in [0.5, 0.6) is 0 Å². The van der Waals surface area contributed by atoms with Crippen LogP contribution >= 0.6 is 11.6 Å². The summed E-state index contributed by atoms with van der Waals surface area (Å²) >= 11 is 6.36. The van der Waals surface area contributed by atoms with E-state index in [0.717, 1.165) is 23.2 Å². The zero-order valence-electron chi connectivity index (χ0n) is 10.1. The molecular formula is C12H20ClN3. The molecule has 0 aliphatic heterocycles. The fourth-order valence-corrected chi connectivity index (χ4v) is 2.79. The lowest BCUT2D eigenvalue weighted by molar-refractivity contribution is 0.437. The summed E-state index contributed by atoms with van der Waals surface area (Å²) < 4.78 is 2.00. The van der Waals surface area contributed by atoms with Crippen LogP contribution in [0.4, 0.5) is 0 Å². The van der Waals surface area contributed by atoms with Crippen molar-refractivity contribution in [3.8, 4) is 0 Å². The molecule has 0 radical (unpaired) electrons. The molecule has 0 atom stereocenters. The summed E-state index contributed by atoms with van der Waals surface area (Å²) in [6.07, 6.45) is 6.49. The van der Waals surface area contributed by atoms with E-state index < -0.39 is 0 Å². The predicted octanol–water partition coefficient (Wildman–Crippen LogP) is 2.84. The number of rotatable bonds is 3. The predicted molar refractivity (Wildman–Crippen MR) is 66.8 cm³/mol. The van der Waals surface area contributed by atoms with E-state index in [9.17, 15) is 0 Å². The summed E-state index contributed by atoms with van der Waals surface area (Å²) in [7, 11) is 3.93. The Bertz CT molecular complexity index is 353. The van der Waals surface area contributed by atoms with Crippen molar-refractivity contribution in [3.05, 3.63) is 16.7 Å². The van der Waals surface area contributed by atoms with Gasteiger partial charge < -0.3 is 9.88 Å². The van der Waals surface area contributed by atoms with Gasteiger partial charge in [0.2, 0.25) is 0 Å². The van der Waals surface area contributed by atoms with Gasteiger partial charge in [-0.1, -0.05) is 30.9 Å². The van der Waals surface area contributed by atoms with E-state index in [1.165, 1.54) is 32.1 Å². The molecule has 1 aliphatic rings. The number of hydrogen-bond donors (Lipinski definition) is 1. The molecule has 1 aliphatic carbocycles. The first-order chi connectivity index (χ1) is 7.74. The van der Waals surface area contributed by atoms with Crippen LogP contribution in [-0.4, -0.2) is 16.6 Å². The van der Waals surface area contributed by atoms with E-state index in [1.54, 1.807) is 0 Å². The summed E-state index contributed by atoms with van der Waals surface area (Å²) in [5, 5.41) is 3.96. The van der Waals surface area contributed by atoms with Gasteiger partial charge in [-0.05, 0) is 19.9 Å². The van der Waals surface area contributed by atoms with Crippen LogP contribution in [0.25, 0.3) is 0 Å². The lowest BCUT2D eigenvalue weighted by Crippen LogP contribution is -2.10. The van der Waals surface area contributed by atoms with Gasteiger partial charge in [0.05, 0.1) is 12.2 Å². The molecule has 1 heterocycles. The van der Waals surface area contributed by atoms with Gasteiger partial charge in [0, 0.05) is 13.0 Å². The van der Waals surface area contributed by atoms with Crippen molar-refractivity contribution in [1.82, 2.24) is 14.9 Å². The molecule has 2 rings (SSSR count). The second-order valence-electron chi connectivity index (χ2n) is 4.63. The highest BCUT2D eigenvalue weighted by Gasteiger charge is 2.23.